The topological polar surface area (TPSA) is 31.6 Å². The van der Waals surface area contributed by atoms with E-state index in [-0.39, 0.29) is 0 Å². The molecule has 0 aliphatic heterocycles. The first kappa shape index (κ1) is 17.2. The number of ether oxygens (including phenoxy) is 3. The van der Waals surface area contributed by atoms with Gasteiger partial charge in [-0.3, -0.25) is 0 Å². The number of benzene rings is 3. The van der Waals surface area contributed by atoms with Gasteiger partial charge in [0.2, 0.25) is 16.8 Å². The summed E-state index contributed by atoms with van der Waals surface area (Å²) < 4.78 is 18.9. The zero-order valence-electron chi connectivity index (χ0n) is 15.9. The van der Waals surface area contributed by atoms with Crippen molar-refractivity contribution >= 4 is 21.8 Å². The fraction of sp³-hybridized carbons (Fsp3) is 0.174. The summed E-state index contributed by atoms with van der Waals surface area (Å²) in [6.45, 7) is 0. The molecule has 0 N–H and O–H groups in total. The van der Waals surface area contributed by atoms with Crippen molar-refractivity contribution in [3.8, 4) is 28.4 Å². The Hall–Kier alpha value is -3.27. The molecule has 0 spiro atoms. The summed E-state index contributed by atoms with van der Waals surface area (Å²) in [5.41, 5.74) is 4.51. The van der Waals surface area contributed by atoms with Gasteiger partial charge in [0.1, 0.15) is 7.05 Å². The minimum Gasteiger partial charge on any atom is -0.493 e. The summed E-state index contributed by atoms with van der Waals surface area (Å²) in [7, 11) is 7.00. The standard InChI is InChI=1S/C23H22NO3/c1-24-18-11-7-5-9-16(18)22(17-10-6-8-12-19(17)24)15-13-20(25-2)23(27-4)21(14-15)26-3/h5-14H,1-4H3/q+1. The van der Waals surface area contributed by atoms with Crippen molar-refractivity contribution in [2.24, 2.45) is 7.05 Å². The Morgan fingerprint density at radius 1 is 0.667 bits per heavy atom. The van der Waals surface area contributed by atoms with Crippen LogP contribution in [0.25, 0.3) is 32.9 Å². The Kier molecular flexibility index (Phi) is 4.32. The van der Waals surface area contributed by atoms with E-state index in [0.29, 0.717) is 17.2 Å². The second-order valence-electron chi connectivity index (χ2n) is 6.38. The van der Waals surface area contributed by atoms with Gasteiger partial charge in [0, 0.05) is 17.7 Å². The number of rotatable bonds is 4. The van der Waals surface area contributed by atoms with Crippen LogP contribution in [-0.2, 0) is 7.05 Å². The molecule has 0 aliphatic carbocycles. The van der Waals surface area contributed by atoms with Gasteiger partial charge in [-0.15, -0.1) is 0 Å². The Morgan fingerprint density at radius 3 is 1.59 bits per heavy atom. The molecule has 0 atom stereocenters. The lowest BCUT2D eigenvalue weighted by atomic mass is 9.95. The maximum atomic E-state index is 5.58. The Morgan fingerprint density at radius 2 is 1.15 bits per heavy atom. The number of nitrogens with zero attached hydrogens (tertiary/aromatic N) is 1. The molecule has 27 heavy (non-hydrogen) atoms. The zero-order valence-corrected chi connectivity index (χ0v) is 15.9. The van der Waals surface area contributed by atoms with Crippen LogP contribution in [0, 0.1) is 0 Å². The van der Waals surface area contributed by atoms with Crippen LogP contribution < -0.4 is 18.8 Å². The van der Waals surface area contributed by atoms with E-state index in [1.165, 1.54) is 21.8 Å². The molecule has 136 valence electrons. The van der Waals surface area contributed by atoms with Crippen LogP contribution in [0.1, 0.15) is 0 Å². The highest BCUT2D eigenvalue weighted by molar-refractivity contribution is 6.07. The SMILES string of the molecule is COc1cc(-c2c3ccccc3[n+](C)c3ccccc23)cc(OC)c1OC. The predicted molar refractivity (Wildman–Crippen MR) is 108 cm³/mol. The van der Waals surface area contributed by atoms with E-state index in [4.69, 9.17) is 14.2 Å². The fourth-order valence-electron chi connectivity index (χ4n) is 3.77. The normalized spacial score (nSPS) is 11.0. The number of para-hydroxylation sites is 2. The number of aromatic nitrogens is 1. The summed E-state index contributed by atoms with van der Waals surface area (Å²) in [5.74, 6) is 1.89. The van der Waals surface area contributed by atoms with Crippen LogP contribution in [0.4, 0.5) is 0 Å². The second kappa shape index (κ2) is 6.80. The number of hydrogen-bond acceptors (Lipinski definition) is 3. The van der Waals surface area contributed by atoms with Gasteiger partial charge in [-0.2, -0.15) is 4.57 Å². The van der Waals surface area contributed by atoms with Crippen molar-refractivity contribution in [2.45, 2.75) is 0 Å². The van der Waals surface area contributed by atoms with Crippen molar-refractivity contribution < 1.29 is 18.8 Å². The molecule has 0 amide bonds. The van der Waals surface area contributed by atoms with Crippen LogP contribution in [0.3, 0.4) is 0 Å². The molecule has 0 unspecified atom stereocenters. The zero-order chi connectivity index (χ0) is 19.0. The summed E-state index contributed by atoms with van der Waals surface area (Å²) in [6.07, 6.45) is 0. The van der Waals surface area contributed by atoms with E-state index in [1.807, 2.05) is 12.1 Å². The summed E-state index contributed by atoms with van der Waals surface area (Å²) in [4.78, 5) is 0. The van der Waals surface area contributed by atoms with E-state index < -0.39 is 0 Å². The Balaban J connectivity index is 2.17. The summed E-state index contributed by atoms with van der Waals surface area (Å²) in [6, 6.07) is 20.9. The quantitative estimate of drug-likeness (QED) is 0.396. The fourth-order valence-corrected chi connectivity index (χ4v) is 3.77. The Labute approximate surface area is 158 Å². The highest BCUT2D eigenvalue weighted by atomic mass is 16.5. The van der Waals surface area contributed by atoms with Crippen molar-refractivity contribution in [1.82, 2.24) is 0 Å². The van der Waals surface area contributed by atoms with Crippen molar-refractivity contribution in [3.63, 3.8) is 0 Å². The van der Waals surface area contributed by atoms with Gasteiger partial charge in [0.05, 0.1) is 32.1 Å². The van der Waals surface area contributed by atoms with Gasteiger partial charge in [-0.25, -0.2) is 0 Å². The number of aryl methyl sites for hydroxylation is 1. The van der Waals surface area contributed by atoms with Gasteiger partial charge in [-0.1, -0.05) is 24.3 Å². The smallest absolute Gasteiger partial charge is 0.213 e. The minimum absolute atomic E-state index is 0.596. The van der Waals surface area contributed by atoms with Gasteiger partial charge in [0.15, 0.2) is 11.5 Å². The molecule has 1 aromatic heterocycles. The van der Waals surface area contributed by atoms with Crippen molar-refractivity contribution in [2.75, 3.05) is 21.3 Å². The average molecular weight is 360 g/mol. The summed E-state index contributed by atoms with van der Waals surface area (Å²) in [5, 5.41) is 2.35. The lowest BCUT2D eigenvalue weighted by molar-refractivity contribution is -0.617. The van der Waals surface area contributed by atoms with E-state index in [9.17, 15) is 0 Å². The summed E-state index contributed by atoms with van der Waals surface area (Å²) >= 11 is 0. The maximum absolute atomic E-state index is 5.58. The first-order chi connectivity index (χ1) is 13.2. The number of fused-ring (bicyclic) bond motifs is 2. The lowest BCUT2D eigenvalue weighted by Crippen LogP contribution is -2.30. The van der Waals surface area contributed by atoms with Crippen molar-refractivity contribution in [3.05, 3.63) is 60.7 Å². The molecule has 0 saturated heterocycles. The number of pyridine rings is 1. The van der Waals surface area contributed by atoms with Crippen LogP contribution in [0.15, 0.2) is 60.7 Å². The van der Waals surface area contributed by atoms with Crippen LogP contribution in [-0.4, -0.2) is 21.3 Å². The van der Waals surface area contributed by atoms with Crippen LogP contribution >= 0.6 is 0 Å². The molecule has 0 radical (unpaired) electrons. The van der Waals surface area contributed by atoms with Crippen LogP contribution in [0.2, 0.25) is 0 Å². The first-order valence-corrected chi connectivity index (χ1v) is 8.79. The third kappa shape index (κ3) is 2.65. The van der Waals surface area contributed by atoms with E-state index in [0.717, 1.165) is 11.1 Å². The Bertz CT molecular complexity index is 1070. The van der Waals surface area contributed by atoms with Gasteiger partial charge in [0.25, 0.3) is 0 Å². The highest BCUT2D eigenvalue weighted by Gasteiger charge is 2.21. The maximum Gasteiger partial charge on any atom is 0.213 e. The van der Waals surface area contributed by atoms with Gasteiger partial charge >= 0.3 is 0 Å². The first-order valence-electron chi connectivity index (χ1n) is 8.79. The molecule has 0 aliphatic rings. The number of methoxy groups -OCH3 is 3. The predicted octanol–water partition coefficient (Wildman–Crippen LogP) is 4.51. The minimum atomic E-state index is 0.596. The van der Waals surface area contributed by atoms with Gasteiger partial charge < -0.3 is 14.2 Å². The highest BCUT2D eigenvalue weighted by Crippen LogP contribution is 2.44. The molecule has 0 saturated carbocycles. The molecule has 0 fully saturated rings. The van der Waals surface area contributed by atoms with E-state index in [1.54, 1.807) is 21.3 Å². The van der Waals surface area contributed by atoms with E-state index in [2.05, 4.69) is 60.1 Å². The second-order valence-corrected chi connectivity index (χ2v) is 6.38. The molecular formula is C23H22NO3+. The molecule has 4 heteroatoms. The third-order valence-corrected chi connectivity index (χ3v) is 5.02. The molecule has 3 aromatic carbocycles. The molecule has 1 heterocycles. The number of hydrogen-bond donors (Lipinski definition) is 0. The monoisotopic (exact) mass is 360 g/mol. The lowest BCUT2D eigenvalue weighted by Gasteiger charge is -2.16. The molecule has 4 nitrogen and oxygen atoms in total. The molecular weight excluding hydrogens is 338 g/mol. The third-order valence-electron chi connectivity index (χ3n) is 5.02. The van der Waals surface area contributed by atoms with E-state index >= 15 is 0 Å². The molecule has 4 aromatic rings. The largest absolute Gasteiger partial charge is 0.493 e. The van der Waals surface area contributed by atoms with Crippen molar-refractivity contribution in [1.29, 1.82) is 0 Å². The molecule has 0 bridgehead atoms. The van der Waals surface area contributed by atoms with Gasteiger partial charge in [-0.05, 0) is 29.8 Å². The van der Waals surface area contributed by atoms with Crippen LogP contribution in [0.5, 0.6) is 17.2 Å². The molecule has 4 rings (SSSR count). The average Bonchev–Trinajstić information content (AvgIpc) is 2.73.